The van der Waals surface area contributed by atoms with Crippen LogP contribution >= 0.6 is 12.2 Å². The summed E-state index contributed by atoms with van der Waals surface area (Å²) in [6.45, 7) is 4.29. The Morgan fingerprint density at radius 2 is 2.00 bits per heavy atom. The lowest BCUT2D eigenvalue weighted by molar-refractivity contribution is -0.121. The molecule has 0 aliphatic heterocycles. The number of thiocarbonyl (C=S) groups is 1. The van der Waals surface area contributed by atoms with Crippen molar-refractivity contribution in [2.75, 3.05) is 6.61 Å². The highest BCUT2D eigenvalue weighted by atomic mass is 32.1. The predicted octanol–water partition coefficient (Wildman–Crippen LogP) is 1.99. The minimum absolute atomic E-state index is 0.0579. The zero-order chi connectivity index (χ0) is 14.7. The molecule has 1 fully saturated rings. The largest absolute Gasteiger partial charge is 0.493 e. The number of aryl methyl sites for hydroxylation is 2. The van der Waals surface area contributed by atoms with Crippen molar-refractivity contribution in [3.8, 4) is 5.75 Å². The Labute approximate surface area is 124 Å². The maximum absolute atomic E-state index is 11.6. The van der Waals surface area contributed by atoms with Crippen LogP contribution in [0.15, 0.2) is 12.1 Å². The molecule has 0 heterocycles. The number of ether oxygens (including phenoxy) is 1. The fourth-order valence-corrected chi connectivity index (χ4v) is 2.21. The van der Waals surface area contributed by atoms with E-state index in [4.69, 9.17) is 22.7 Å². The second-order valence-electron chi connectivity index (χ2n) is 5.24. The minimum Gasteiger partial charge on any atom is -0.493 e. The molecule has 0 atom stereocenters. The first-order valence-electron chi connectivity index (χ1n) is 6.80. The van der Waals surface area contributed by atoms with Crippen LogP contribution in [0.3, 0.4) is 0 Å². The van der Waals surface area contributed by atoms with E-state index in [1.165, 1.54) is 0 Å². The van der Waals surface area contributed by atoms with Crippen LogP contribution in [0.5, 0.6) is 5.75 Å². The van der Waals surface area contributed by atoms with E-state index in [2.05, 4.69) is 5.32 Å². The summed E-state index contributed by atoms with van der Waals surface area (Å²) < 4.78 is 5.73. The summed E-state index contributed by atoms with van der Waals surface area (Å²) in [5, 5.41) is 2.94. The molecule has 1 aliphatic carbocycles. The van der Waals surface area contributed by atoms with Gasteiger partial charge in [0.25, 0.3) is 0 Å². The molecular weight excluding hydrogens is 272 g/mol. The van der Waals surface area contributed by atoms with Gasteiger partial charge in [0.15, 0.2) is 0 Å². The number of nitrogens with one attached hydrogen (secondary N) is 1. The van der Waals surface area contributed by atoms with Crippen LogP contribution in [0.25, 0.3) is 0 Å². The van der Waals surface area contributed by atoms with Gasteiger partial charge in [0.05, 0.1) is 13.0 Å². The Balaban J connectivity index is 1.91. The maximum Gasteiger partial charge on any atom is 0.223 e. The van der Waals surface area contributed by atoms with Crippen molar-refractivity contribution in [2.45, 2.75) is 39.2 Å². The van der Waals surface area contributed by atoms with Crippen molar-refractivity contribution in [3.05, 3.63) is 28.8 Å². The molecule has 1 aromatic carbocycles. The molecule has 108 valence electrons. The van der Waals surface area contributed by atoms with Crippen LogP contribution in [0.1, 0.15) is 36.0 Å². The Hall–Kier alpha value is -1.62. The van der Waals surface area contributed by atoms with Gasteiger partial charge in [-0.1, -0.05) is 12.2 Å². The minimum atomic E-state index is 0.0579. The van der Waals surface area contributed by atoms with Crippen molar-refractivity contribution in [1.29, 1.82) is 0 Å². The van der Waals surface area contributed by atoms with Crippen molar-refractivity contribution in [1.82, 2.24) is 5.32 Å². The van der Waals surface area contributed by atoms with Gasteiger partial charge in [0.1, 0.15) is 10.7 Å². The zero-order valence-electron chi connectivity index (χ0n) is 11.9. The van der Waals surface area contributed by atoms with Crippen molar-refractivity contribution >= 4 is 23.1 Å². The summed E-state index contributed by atoms with van der Waals surface area (Å²) in [6.07, 6.45) is 2.59. The molecule has 20 heavy (non-hydrogen) atoms. The Morgan fingerprint density at radius 3 is 2.50 bits per heavy atom. The third kappa shape index (κ3) is 3.93. The SMILES string of the molecule is Cc1cc(C(N)=S)cc(C)c1OCCC(=O)NC1CC1. The second-order valence-corrected chi connectivity index (χ2v) is 5.68. The smallest absolute Gasteiger partial charge is 0.223 e. The van der Waals surface area contributed by atoms with Gasteiger partial charge in [-0.2, -0.15) is 0 Å². The quantitative estimate of drug-likeness (QED) is 0.787. The summed E-state index contributed by atoms with van der Waals surface area (Å²) in [4.78, 5) is 12.0. The van der Waals surface area contributed by atoms with Crippen LogP contribution in [-0.2, 0) is 4.79 Å². The number of benzene rings is 1. The molecule has 4 nitrogen and oxygen atoms in total. The monoisotopic (exact) mass is 292 g/mol. The predicted molar refractivity (Wildman–Crippen MR) is 83.1 cm³/mol. The third-order valence-electron chi connectivity index (χ3n) is 3.26. The Kier molecular flexibility index (Phi) is 4.60. The summed E-state index contributed by atoms with van der Waals surface area (Å²) in [5.74, 6) is 0.867. The molecule has 2 rings (SSSR count). The third-order valence-corrected chi connectivity index (χ3v) is 3.50. The lowest BCUT2D eigenvalue weighted by Crippen LogP contribution is -2.26. The first-order chi connectivity index (χ1) is 9.47. The van der Waals surface area contributed by atoms with E-state index in [1.807, 2.05) is 26.0 Å². The molecule has 0 radical (unpaired) electrons. The number of nitrogens with two attached hydrogens (primary N) is 1. The summed E-state index contributed by atoms with van der Waals surface area (Å²) in [7, 11) is 0. The molecule has 1 saturated carbocycles. The molecule has 1 amide bonds. The lowest BCUT2D eigenvalue weighted by atomic mass is 10.1. The molecule has 0 aromatic heterocycles. The van der Waals surface area contributed by atoms with Gasteiger partial charge in [0.2, 0.25) is 5.91 Å². The number of hydrogen-bond acceptors (Lipinski definition) is 3. The number of carbonyl (C=O) groups excluding carboxylic acids is 1. The Bertz CT molecular complexity index is 516. The molecule has 0 saturated heterocycles. The lowest BCUT2D eigenvalue weighted by Gasteiger charge is -2.13. The number of hydrogen-bond donors (Lipinski definition) is 2. The van der Waals surface area contributed by atoms with Gasteiger partial charge < -0.3 is 15.8 Å². The van der Waals surface area contributed by atoms with Crippen LogP contribution in [0, 0.1) is 13.8 Å². The molecular formula is C15H20N2O2S. The highest BCUT2D eigenvalue weighted by molar-refractivity contribution is 7.80. The first-order valence-corrected chi connectivity index (χ1v) is 7.21. The topological polar surface area (TPSA) is 64.3 Å². The fourth-order valence-electron chi connectivity index (χ4n) is 2.09. The van der Waals surface area contributed by atoms with E-state index >= 15 is 0 Å². The van der Waals surface area contributed by atoms with Gasteiger partial charge in [0, 0.05) is 11.6 Å². The van der Waals surface area contributed by atoms with E-state index in [1.54, 1.807) is 0 Å². The highest BCUT2D eigenvalue weighted by Gasteiger charge is 2.22. The average molecular weight is 292 g/mol. The molecule has 0 spiro atoms. The molecule has 1 aliphatic rings. The van der Waals surface area contributed by atoms with Gasteiger partial charge >= 0.3 is 0 Å². The van der Waals surface area contributed by atoms with Crippen LogP contribution in [0.2, 0.25) is 0 Å². The Morgan fingerprint density at radius 1 is 1.40 bits per heavy atom. The fraction of sp³-hybridized carbons (Fsp3) is 0.467. The number of rotatable bonds is 6. The van der Waals surface area contributed by atoms with E-state index in [9.17, 15) is 4.79 Å². The molecule has 5 heteroatoms. The van der Waals surface area contributed by atoms with Gasteiger partial charge in [-0.05, 0) is 49.9 Å². The van der Waals surface area contributed by atoms with Crippen molar-refractivity contribution < 1.29 is 9.53 Å². The van der Waals surface area contributed by atoms with E-state index in [0.29, 0.717) is 24.1 Å². The van der Waals surface area contributed by atoms with Crippen LogP contribution < -0.4 is 15.8 Å². The summed E-state index contributed by atoms with van der Waals surface area (Å²) in [6, 6.07) is 4.22. The highest BCUT2D eigenvalue weighted by Crippen LogP contribution is 2.25. The summed E-state index contributed by atoms with van der Waals surface area (Å²) in [5.41, 5.74) is 8.44. The molecule has 3 N–H and O–H groups in total. The van der Waals surface area contributed by atoms with E-state index < -0.39 is 0 Å². The number of amides is 1. The number of carbonyl (C=O) groups is 1. The second kappa shape index (κ2) is 6.22. The normalized spacial score (nSPS) is 13.9. The van der Waals surface area contributed by atoms with Crippen LogP contribution in [0.4, 0.5) is 0 Å². The maximum atomic E-state index is 11.6. The summed E-state index contributed by atoms with van der Waals surface area (Å²) >= 11 is 4.98. The standard InChI is InChI=1S/C15H20N2O2S/c1-9-7-11(15(16)20)8-10(2)14(9)19-6-5-13(18)17-12-3-4-12/h7-8,12H,3-6H2,1-2H3,(H2,16,20)(H,17,18). The van der Waals surface area contributed by atoms with Crippen LogP contribution in [-0.4, -0.2) is 23.5 Å². The van der Waals surface area contributed by atoms with Gasteiger partial charge in [-0.3, -0.25) is 4.79 Å². The van der Waals surface area contributed by atoms with Crippen molar-refractivity contribution in [3.63, 3.8) is 0 Å². The average Bonchev–Trinajstić information content (AvgIpc) is 3.16. The molecule has 0 unspecified atom stereocenters. The molecule has 0 bridgehead atoms. The van der Waals surface area contributed by atoms with E-state index in [0.717, 1.165) is 35.3 Å². The van der Waals surface area contributed by atoms with Gasteiger partial charge in [-0.25, -0.2) is 0 Å². The van der Waals surface area contributed by atoms with Crippen molar-refractivity contribution in [2.24, 2.45) is 5.73 Å². The van der Waals surface area contributed by atoms with Gasteiger partial charge in [-0.15, -0.1) is 0 Å². The molecule has 1 aromatic rings. The van der Waals surface area contributed by atoms with E-state index in [-0.39, 0.29) is 5.91 Å². The first kappa shape index (κ1) is 14.8. The zero-order valence-corrected chi connectivity index (χ0v) is 12.7.